The highest BCUT2D eigenvalue weighted by Gasteiger charge is 2.24. The number of amidine groups is 1. The highest BCUT2D eigenvalue weighted by atomic mass is 32.2. The zero-order valence-corrected chi connectivity index (χ0v) is 12.3. The van der Waals surface area contributed by atoms with E-state index in [1.807, 2.05) is 11.8 Å². The van der Waals surface area contributed by atoms with Gasteiger partial charge in [-0.25, -0.2) is 0 Å². The van der Waals surface area contributed by atoms with Crippen molar-refractivity contribution in [3.05, 3.63) is 22.4 Å². The second-order valence-electron chi connectivity index (χ2n) is 5.58. The Morgan fingerprint density at radius 2 is 2.29 bits per heavy atom. The Morgan fingerprint density at radius 3 is 2.94 bits per heavy atom. The third-order valence-electron chi connectivity index (χ3n) is 2.55. The summed E-state index contributed by atoms with van der Waals surface area (Å²) in [6.07, 6.45) is 1.23. The summed E-state index contributed by atoms with van der Waals surface area (Å²) in [7, 11) is 0. The largest absolute Gasteiger partial charge is 0.360 e. The Bertz CT molecular complexity index is 377. The first kappa shape index (κ1) is 13.0. The number of hydrogen-bond acceptors (Lipinski definition) is 4. The Hall–Kier alpha value is -0.480. The van der Waals surface area contributed by atoms with Crippen molar-refractivity contribution in [3.8, 4) is 0 Å². The molecule has 0 amide bonds. The maximum absolute atomic E-state index is 4.57. The van der Waals surface area contributed by atoms with Crippen LogP contribution in [0.1, 0.15) is 32.1 Å². The Morgan fingerprint density at radius 1 is 1.47 bits per heavy atom. The van der Waals surface area contributed by atoms with E-state index >= 15 is 0 Å². The Labute approximate surface area is 112 Å². The van der Waals surface area contributed by atoms with Gasteiger partial charge < -0.3 is 5.32 Å². The van der Waals surface area contributed by atoms with Gasteiger partial charge >= 0.3 is 0 Å². The molecule has 1 unspecified atom stereocenters. The quantitative estimate of drug-likeness (QED) is 0.903. The summed E-state index contributed by atoms with van der Waals surface area (Å²) < 4.78 is 0. The third-order valence-corrected chi connectivity index (χ3v) is 4.57. The van der Waals surface area contributed by atoms with Gasteiger partial charge in [0, 0.05) is 10.1 Å². The Balaban J connectivity index is 1.74. The molecule has 1 aliphatic rings. The molecule has 0 fully saturated rings. The number of thioether (sulfide) groups is 1. The molecule has 17 heavy (non-hydrogen) atoms. The van der Waals surface area contributed by atoms with Crippen LogP contribution < -0.4 is 5.32 Å². The standard InChI is InChI=1S/C13H20N2S2/c1-13(2,3)7-11-9-15-12(17-11)14-8-10-5-4-6-16-10/h4-6,11H,7-9H2,1-3H3,(H,14,15). The lowest BCUT2D eigenvalue weighted by Crippen LogP contribution is -2.20. The molecule has 0 spiro atoms. The molecule has 0 saturated carbocycles. The molecule has 0 bridgehead atoms. The maximum Gasteiger partial charge on any atom is 0.157 e. The van der Waals surface area contributed by atoms with Crippen molar-refractivity contribution < 1.29 is 0 Å². The normalized spacial score (nSPS) is 20.4. The number of nitrogens with zero attached hydrogens (tertiary/aromatic N) is 1. The summed E-state index contributed by atoms with van der Waals surface area (Å²) in [6.45, 7) is 8.76. The number of thiophene rings is 1. The van der Waals surface area contributed by atoms with Crippen molar-refractivity contribution in [1.82, 2.24) is 5.32 Å². The number of nitrogens with one attached hydrogen (secondary N) is 1. The molecular formula is C13H20N2S2. The van der Waals surface area contributed by atoms with Crippen molar-refractivity contribution in [3.63, 3.8) is 0 Å². The molecule has 4 heteroatoms. The molecule has 2 heterocycles. The molecule has 0 aliphatic carbocycles. The van der Waals surface area contributed by atoms with Gasteiger partial charge in [-0.1, -0.05) is 38.6 Å². The van der Waals surface area contributed by atoms with Gasteiger partial charge in [-0.15, -0.1) is 11.3 Å². The Kier molecular flexibility index (Phi) is 4.15. The minimum absolute atomic E-state index is 0.399. The van der Waals surface area contributed by atoms with Gasteiger partial charge in [0.2, 0.25) is 0 Å². The fourth-order valence-electron chi connectivity index (χ4n) is 1.88. The van der Waals surface area contributed by atoms with Gasteiger partial charge in [-0.2, -0.15) is 0 Å². The van der Waals surface area contributed by atoms with Crippen LogP contribution in [-0.2, 0) is 6.54 Å². The minimum Gasteiger partial charge on any atom is -0.360 e. The van der Waals surface area contributed by atoms with Crippen LogP contribution in [0.15, 0.2) is 22.5 Å². The summed E-state index contributed by atoms with van der Waals surface area (Å²) >= 11 is 3.69. The lowest BCUT2D eigenvalue weighted by atomic mass is 9.90. The average Bonchev–Trinajstić information content (AvgIpc) is 2.82. The maximum atomic E-state index is 4.57. The van der Waals surface area contributed by atoms with Gasteiger partial charge in [0.05, 0.1) is 13.1 Å². The van der Waals surface area contributed by atoms with Gasteiger partial charge in [-0.3, -0.25) is 4.99 Å². The van der Waals surface area contributed by atoms with Crippen molar-refractivity contribution in [2.75, 3.05) is 6.54 Å². The summed E-state index contributed by atoms with van der Waals surface area (Å²) in [5, 5.41) is 7.31. The first-order valence-electron chi connectivity index (χ1n) is 6.00. The van der Waals surface area contributed by atoms with Crippen LogP contribution in [0.3, 0.4) is 0 Å². The molecule has 0 radical (unpaired) electrons. The fourth-order valence-corrected chi connectivity index (χ4v) is 3.88. The first-order valence-corrected chi connectivity index (χ1v) is 7.76. The van der Waals surface area contributed by atoms with Gasteiger partial charge in [0.15, 0.2) is 5.17 Å². The molecule has 2 nitrogen and oxygen atoms in total. The summed E-state index contributed by atoms with van der Waals surface area (Å²) in [6, 6.07) is 4.25. The van der Waals surface area contributed by atoms with E-state index in [1.165, 1.54) is 11.3 Å². The summed E-state index contributed by atoms with van der Waals surface area (Å²) in [5.74, 6) is 0. The van der Waals surface area contributed by atoms with E-state index in [2.05, 4.69) is 48.6 Å². The van der Waals surface area contributed by atoms with Crippen LogP contribution in [0.25, 0.3) is 0 Å². The molecule has 1 aromatic rings. The molecule has 1 aliphatic heterocycles. The second-order valence-corrected chi connectivity index (χ2v) is 7.90. The van der Waals surface area contributed by atoms with E-state index in [4.69, 9.17) is 0 Å². The van der Waals surface area contributed by atoms with Crippen molar-refractivity contribution in [2.24, 2.45) is 10.4 Å². The molecule has 94 valence electrons. The van der Waals surface area contributed by atoms with E-state index in [1.54, 1.807) is 11.3 Å². The van der Waals surface area contributed by atoms with Crippen LogP contribution >= 0.6 is 23.1 Å². The van der Waals surface area contributed by atoms with Crippen molar-refractivity contribution >= 4 is 28.3 Å². The number of hydrogen-bond donors (Lipinski definition) is 1. The van der Waals surface area contributed by atoms with Crippen LogP contribution in [0.2, 0.25) is 0 Å². The fraction of sp³-hybridized carbons (Fsp3) is 0.615. The van der Waals surface area contributed by atoms with E-state index in [0.29, 0.717) is 10.7 Å². The average molecular weight is 268 g/mol. The lowest BCUT2D eigenvalue weighted by molar-refractivity contribution is 0.375. The minimum atomic E-state index is 0.399. The first-order chi connectivity index (χ1) is 8.03. The van der Waals surface area contributed by atoms with Crippen LogP contribution in [-0.4, -0.2) is 17.0 Å². The molecule has 0 saturated heterocycles. The zero-order chi connectivity index (χ0) is 12.3. The van der Waals surface area contributed by atoms with Gasteiger partial charge in [0.1, 0.15) is 0 Å². The third kappa shape index (κ3) is 4.36. The van der Waals surface area contributed by atoms with Gasteiger partial charge in [-0.05, 0) is 23.3 Å². The predicted molar refractivity (Wildman–Crippen MR) is 78.9 cm³/mol. The second kappa shape index (κ2) is 5.44. The molecule has 0 aromatic carbocycles. The topological polar surface area (TPSA) is 24.4 Å². The number of rotatable bonds is 3. The number of aliphatic imine (C=N–C) groups is 1. The summed E-state index contributed by atoms with van der Waals surface area (Å²) in [5.41, 5.74) is 0.399. The molecule has 1 aromatic heterocycles. The van der Waals surface area contributed by atoms with E-state index in [-0.39, 0.29) is 0 Å². The van der Waals surface area contributed by atoms with Crippen LogP contribution in [0.4, 0.5) is 0 Å². The monoisotopic (exact) mass is 268 g/mol. The molecule has 2 rings (SSSR count). The zero-order valence-electron chi connectivity index (χ0n) is 10.7. The van der Waals surface area contributed by atoms with E-state index in [0.717, 1.165) is 18.3 Å². The predicted octanol–water partition coefficient (Wildman–Crippen LogP) is 3.75. The molecule has 1 atom stereocenters. The smallest absolute Gasteiger partial charge is 0.157 e. The van der Waals surface area contributed by atoms with Crippen LogP contribution in [0, 0.1) is 5.41 Å². The highest BCUT2D eigenvalue weighted by Crippen LogP contribution is 2.31. The van der Waals surface area contributed by atoms with E-state index < -0.39 is 0 Å². The van der Waals surface area contributed by atoms with Crippen molar-refractivity contribution in [1.29, 1.82) is 0 Å². The highest BCUT2D eigenvalue weighted by molar-refractivity contribution is 8.14. The summed E-state index contributed by atoms with van der Waals surface area (Å²) in [4.78, 5) is 5.94. The van der Waals surface area contributed by atoms with Gasteiger partial charge in [0.25, 0.3) is 0 Å². The molecular weight excluding hydrogens is 248 g/mol. The van der Waals surface area contributed by atoms with E-state index in [9.17, 15) is 0 Å². The SMILES string of the molecule is CC(C)(C)CC1CN=C(NCc2cccs2)S1. The lowest BCUT2D eigenvalue weighted by Gasteiger charge is -2.21. The molecule has 1 N–H and O–H groups in total. The van der Waals surface area contributed by atoms with Crippen LogP contribution in [0.5, 0.6) is 0 Å². The van der Waals surface area contributed by atoms with Crippen molar-refractivity contribution in [2.45, 2.75) is 39.0 Å².